The number of ether oxygens (including phenoxy) is 1. The van der Waals surface area contributed by atoms with Crippen LogP contribution in [0.25, 0.3) is 0 Å². The summed E-state index contributed by atoms with van der Waals surface area (Å²) in [5.41, 5.74) is 0. The highest BCUT2D eigenvalue weighted by molar-refractivity contribution is 5.08. The fraction of sp³-hybridized carbons (Fsp3) is 0.867. The Kier molecular flexibility index (Phi) is 4.90. The standard InChI is InChI=1S/C15H27NO/c1-3-16-15(14-6-4-5-11-17-14)13-9-7-12(2)8-10-13/h6,12-13,15-16H,3-5,7-11H2,1-2H3. The summed E-state index contributed by atoms with van der Waals surface area (Å²) in [6.45, 7) is 6.53. The highest BCUT2D eigenvalue weighted by atomic mass is 16.5. The molecule has 0 bridgehead atoms. The zero-order chi connectivity index (χ0) is 12.1. The van der Waals surface area contributed by atoms with Gasteiger partial charge in [-0.1, -0.05) is 26.7 Å². The van der Waals surface area contributed by atoms with E-state index in [4.69, 9.17) is 4.74 Å². The van der Waals surface area contributed by atoms with E-state index in [1.807, 2.05) is 0 Å². The minimum atomic E-state index is 0.479. The van der Waals surface area contributed by atoms with Crippen LogP contribution in [0.3, 0.4) is 0 Å². The van der Waals surface area contributed by atoms with Crippen LogP contribution in [-0.2, 0) is 4.74 Å². The number of rotatable bonds is 4. The molecule has 2 aliphatic rings. The van der Waals surface area contributed by atoms with Crippen LogP contribution in [-0.4, -0.2) is 19.2 Å². The minimum Gasteiger partial charge on any atom is -0.497 e. The van der Waals surface area contributed by atoms with Crippen molar-refractivity contribution in [2.75, 3.05) is 13.2 Å². The normalized spacial score (nSPS) is 31.5. The molecule has 0 amide bonds. The van der Waals surface area contributed by atoms with Crippen LogP contribution >= 0.6 is 0 Å². The minimum absolute atomic E-state index is 0.479. The fourth-order valence-electron chi connectivity index (χ4n) is 3.13. The largest absolute Gasteiger partial charge is 0.497 e. The topological polar surface area (TPSA) is 21.3 Å². The summed E-state index contributed by atoms with van der Waals surface area (Å²) >= 11 is 0. The molecule has 0 aromatic heterocycles. The Labute approximate surface area is 106 Å². The van der Waals surface area contributed by atoms with Crippen LogP contribution in [0.2, 0.25) is 0 Å². The van der Waals surface area contributed by atoms with E-state index < -0.39 is 0 Å². The average molecular weight is 237 g/mol. The van der Waals surface area contributed by atoms with Gasteiger partial charge in [0.25, 0.3) is 0 Å². The molecule has 1 fully saturated rings. The molecule has 2 heteroatoms. The SMILES string of the molecule is CCNC(C1=CCCCO1)C1CCC(C)CC1. The molecule has 1 atom stereocenters. The van der Waals surface area contributed by atoms with Gasteiger partial charge < -0.3 is 10.1 Å². The predicted octanol–water partition coefficient (Wildman–Crippen LogP) is 3.49. The molecule has 1 saturated carbocycles. The average Bonchev–Trinajstić information content (AvgIpc) is 2.38. The van der Waals surface area contributed by atoms with Gasteiger partial charge in [-0.25, -0.2) is 0 Å². The van der Waals surface area contributed by atoms with Crippen molar-refractivity contribution in [3.8, 4) is 0 Å². The molecular formula is C15H27NO. The first-order chi connectivity index (χ1) is 8.31. The monoisotopic (exact) mass is 237 g/mol. The summed E-state index contributed by atoms with van der Waals surface area (Å²) in [7, 11) is 0. The molecule has 1 unspecified atom stereocenters. The summed E-state index contributed by atoms with van der Waals surface area (Å²) in [5, 5.41) is 3.64. The van der Waals surface area contributed by atoms with Crippen molar-refractivity contribution in [2.45, 2.75) is 58.4 Å². The highest BCUT2D eigenvalue weighted by Gasteiger charge is 2.29. The van der Waals surface area contributed by atoms with E-state index in [9.17, 15) is 0 Å². The lowest BCUT2D eigenvalue weighted by Crippen LogP contribution is -2.40. The molecule has 0 aromatic carbocycles. The van der Waals surface area contributed by atoms with Crippen LogP contribution < -0.4 is 5.32 Å². The second kappa shape index (κ2) is 6.44. The first kappa shape index (κ1) is 12.9. The Morgan fingerprint density at radius 1 is 1.35 bits per heavy atom. The van der Waals surface area contributed by atoms with E-state index in [1.165, 1.54) is 44.3 Å². The van der Waals surface area contributed by atoms with Crippen molar-refractivity contribution in [2.24, 2.45) is 11.8 Å². The third kappa shape index (κ3) is 3.48. The number of hydrogen-bond donors (Lipinski definition) is 1. The van der Waals surface area contributed by atoms with Gasteiger partial charge in [0.1, 0.15) is 5.76 Å². The predicted molar refractivity (Wildman–Crippen MR) is 71.9 cm³/mol. The Morgan fingerprint density at radius 3 is 2.71 bits per heavy atom. The van der Waals surface area contributed by atoms with Crippen LogP contribution in [0, 0.1) is 11.8 Å². The molecule has 98 valence electrons. The van der Waals surface area contributed by atoms with Crippen molar-refractivity contribution in [3.05, 3.63) is 11.8 Å². The van der Waals surface area contributed by atoms with Crippen LogP contribution in [0.4, 0.5) is 0 Å². The number of allylic oxidation sites excluding steroid dienone is 1. The van der Waals surface area contributed by atoms with Crippen molar-refractivity contribution >= 4 is 0 Å². The summed E-state index contributed by atoms with van der Waals surface area (Å²) in [5.74, 6) is 2.95. The lowest BCUT2D eigenvalue weighted by atomic mass is 9.78. The van der Waals surface area contributed by atoms with Gasteiger partial charge in [-0.05, 0) is 50.1 Å². The van der Waals surface area contributed by atoms with Crippen molar-refractivity contribution < 1.29 is 4.74 Å². The maximum absolute atomic E-state index is 5.87. The molecular weight excluding hydrogens is 210 g/mol. The van der Waals surface area contributed by atoms with Crippen LogP contribution in [0.5, 0.6) is 0 Å². The van der Waals surface area contributed by atoms with E-state index in [-0.39, 0.29) is 0 Å². The molecule has 0 saturated heterocycles. The first-order valence-corrected chi connectivity index (χ1v) is 7.37. The lowest BCUT2D eigenvalue weighted by Gasteiger charge is -2.35. The molecule has 1 aliphatic carbocycles. The molecule has 1 aliphatic heterocycles. The van der Waals surface area contributed by atoms with Gasteiger partial charge in [0, 0.05) is 0 Å². The van der Waals surface area contributed by atoms with E-state index >= 15 is 0 Å². The van der Waals surface area contributed by atoms with Gasteiger partial charge >= 0.3 is 0 Å². The summed E-state index contributed by atoms with van der Waals surface area (Å²) < 4.78 is 5.87. The molecule has 0 radical (unpaired) electrons. The Morgan fingerprint density at radius 2 is 2.12 bits per heavy atom. The lowest BCUT2D eigenvalue weighted by molar-refractivity contribution is 0.134. The quantitative estimate of drug-likeness (QED) is 0.808. The summed E-state index contributed by atoms with van der Waals surface area (Å²) in [6.07, 6.45) is 10.2. The van der Waals surface area contributed by atoms with Crippen molar-refractivity contribution in [3.63, 3.8) is 0 Å². The first-order valence-electron chi connectivity index (χ1n) is 7.37. The molecule has 1 heterocycles. The van der Waals surface area contributed by atoms with Gasteiger partial charge in [-0.15, -0.1) is 0 Å². The van der Waals surface area contributed by atoms with Gasteiger partial charge in [0.2, 0.25) is 0 Å². The van der Waals surface area contributed by atoms with Gasteiger partial charge in [-0.3, -0.25) is 0 Å². The zero-order valence-corrected chi connectivity index (χ0v) is 11.4. The number of hydrogen-bond acceptors (Lipinski definition) is 2. The van der Waals surface area contributed by atoms with Gasteiger partial charge in [0.05, 0.1) is 12.6 Å². The molecule has 2 rings (SSSR count). The highest BCUT2D eigenvalue weighted by Crippen LogP contribution is 2.33. The summed E-state index contributed by atoms with van der Waals surface area (Å²) in [4.78, 5) is 0. The molecule has 2 nitrogen and oxygen atoms in total. The van der Waals surface area contributed by atoms with E-state index in [2.05, 4.69) is 25.2 Å². The third-order valence-electron chi connectivity index (χ3n) is 4.23. The Balaban J connectivity index is 1.98. The van der Waals surface area contributed by atoms with E-state index in [1.54, 1.807) is 0 Å². The van der Waals surface area contributed by atoms with Gasteiger partial charge in [0.15, 0.2) is 0 Å². The maximum Gasteiger partial charge on any atom is 0.109 e. The van der Waals surface area contributed by atoms with E-state index in [0.717, 1.165) is 25.0 Å². The molecule has 17 heavy (non-hydrogen) atoms. The second-order valence-electron chi connectivity index (χ2n) is 5.65. The van der Waals surface area contributed by atoms with Crippen molar-refractivity contribution in [1.29, 1.82) is 0 Å². The molecule has 0 spiro atoms. The van der Waals surface area contributed by atoms with Crippen LogP contribution in [0.15, 0.2) is 11.8 Å². The van der Waals surface area contributed by atoms with Crippen molar-refractivity contribution in [1.82, 2.24) is 5.32 Å². The summed E-state index contributed by atoms with van der Waals surface area (Å²) in [6, 6.07) is 0.479. The van der Waals surface area contributed by atoms with E-state index in [0.29, 0.717) is 6.04 Å². The fourth-order valence-corrected chi connectivity index (χ4v) is 3.13. The maximum atomic E-state index is 5.87. The second-order valence-corrected chi connectivity index (χ2v) is 5.65. The Hall–Kier alpha value is -0.500. The molecule has 1 N–H and O–H groups in total. The van der Waals surface area contributed by atoms with Gasteiger partial charge in [-0.2, -0.15) is 0 Å². The third-order valence-corrected chi connectivity index (χ3v) is 4.23. The zero-order valence-electron chi connectivity index (χ0n) is 11.4. The number of likely N-dealkylation sites (N-methyl/N-ethyl adjacent to an activating group) is 1. The smallest absolute Gasteiger partial charge is 0.109 e. The Bertz CT molecular complexity index is 254. The molecule has 0 aromatic rings. The van der Waals surface area contributed by atoms with Crippen LogP contribution in [0.1, 0.15) is 52.4 Å². The number of nitrogens with one attached hydrogen (secondary N) is 1.